The zero-order chi connectivity index (χ0) is 17.9. The van der Waals surface area contributed by atoms with E-state index in [9.17, 15) is 4.79 Å². The highest BCUT2D eigenvalue weighted by Crippen LogP contribution is 2.10. The summed E-state index contributed by atoms with van der Waals surface area (Å²) in [6, 6.07) is 11.6. The summed E-state index contributed by atoms with van der Waals surface area (Å²) in [4.78, 5) is 26.2. The Kier molecular flexibility index (Phi) is 4.77. The standard InChI is InChI=1S/C20H23N5O/c1-16-5-6-19-22-18(12-20(26)25(19)13-16)15-24-10-8-23(9-11-24)14-17-4-2-3-7-21-17/h2-7,12-13H,8-11,14-15H2,1H3. The summed E-state index contributed by atoms with van der Waals surface area (Å²) in [5.74, 6) is 0. The molecule has 1 aliphatic rings. The van der Waals surface area contributed by atoms with E-state index in [1.54, 1.807) is 10.5 Å². The Balaban J connectivity index is 1.39. The summed E-state index contributed by atoms with van der Waals surface area (Å²) in [7, 11) is 0. The van der Waals surface area contributed by atoms with Gasteiger partial charge in [-0.3, -0.25) is 24.0 Å². The van der Waals surface area contributed by atoms with Crippen molar-refractivity contribution < 1.29 is 0 Å². The normalized spacial score (nSPS) is 16.2. The van der Waals surface area contributed by atoms with Crippen LogP contribution in [0.25, 0.3) is 5.65 Å². The van der Waals surface area contributed by atoms with Gasteiger partial charge in [0.15, 0.2) is 0 Å². The number of aromatic nitrogens is 3. The Bertz CT molecular complexity index is 945. The highest BCUT2D eigenvalue weighted by molar-refractivity contribution is 5.39. The van der Waals surface area contributed by atoms with Crippen LogP contribution in [-0.2, 0) is 13.1 Å². The maximum atomic E-state index is 12.3. The van der Waals surface area contributed by atoms with Crippen LogP contribution < -0.4 is 5.56 Å². The second-order valence-corrected chi connectivity index (χ2v) is 6.89. The summed E-state index contributed by atoms with van der Waals surface area (Å²) < 4.78 is 1.61. The van der Waals surface area contributed by atoms with Crippen LogP contribution in [0.15, 0.2) is 53.6 Å². The van der Waals surface area contributed by atoms with Crippen LogP contribution in [0.4, 0.5) is 0 Å². The Morgan fingerprint density at radius 1 is 0.962 bits per heavy atom. The highest BCUT2D eigenvalue weighted by Gasteiger charge is 2.18. The van der Waals surface area contributed by atoms with Crippen LogP contribution >= 0.6 is 0 Å². The average molecular weight is 349 g/mol. The third-order valence-corrected chi connectivity index (χ3v) is 4.82. The Morgan fingerprint density at radius 2 is 1.69 bits per heavy atom. The van der Waals surface area contributed by atoms with Crippen molar-refractivity contribution in [3.05, 3.63) is 76.1 Å². The predicted octanol–water partition coefficient (Wildman–Crippen LogP) is 1.72. The molecule has 0 aromatic carbocycles. The summed E-state index contributed by atoms with van der Waals surface area (Å²) in [5.41, 5.74) is 3.71. The minimum atomic E-state index is -0.0116. The lowest BCUT2D eigenvalue weighted by atomic mass is 10.2. The molecule has 4 rings (SSSR count). The van der Waals surface area contributed by atoms with Gasteiger partial charge in [0, 0.05) is 57.7 Å². The lowest BCUT2D eigenvalue weighted by molar-refractivity contribution is 0.120. The molecule has 0 bridgehead atoms. The van der Waals surface area contributed by atoms with Crippen LogP contribution in [-0.4, -0.2) is 50.3 Å². The van der Waals surface area contributed by atoms with Gasteiger partial charge in [0.05, 0.1) is 11.4 Å². The van der Waals surface area contributed by atoms with Crippen LogP contribution in [0.5, 0.6) is 0 Å². The number of hydrogen-bond acceptors (Lipinski definition) is 5. The third-order valence-electron chi connectivity index (χ3n) is 4.82. The van der Waals surface area contributed by atoms with E-state index in [0.717, 1.165) is 56.2 Å². The van der Waals surface area contributed by atoms with Crippen molar-refractivity contribution in [3.63, 3.8) is 0 Å². The van der Waals surface area contributed by atoms with Gasteiger partial charge in [-0.1, -0.05) is 12.1 Å². The number of nitrogens with zero attached hydrogens (tertiary/aromatic N) is 5. The van der Waals surface area contributed by atoms with E-state index >= 15 is 0 Å². The molecule has 4 heterocycles. The van der Waals surface area contributed by atoms with E-state index in [0.29, 0.717) is 5.65 Å². The van der Waals surface area contributed by atoms with Crippen LogP contribution in [0, 0.1) is 6.92 Å². The second-order valence-electron chi connectivity index (χ2n) is 6.89. The third kappa shape index (κ3) is 3.81. The first-order chi connectivity index (χ1) is 12.7. The smallest absolute Gasteiger partial charge is 0.258 e. The summed E-state index contributed by atoms with van der Waals surface area (Å²) in [6.07, 6.45) is 3.68. The molecule has 3 aromatic rings. The fourth-order valence-corrected chi connectivity index (χ4v) is 3.39. The maximum Gasteiger partial charge on any atom is 0.258 e. The minimum absolute atomic E-state index is 0.0116. The lowest BCUT2D eigenvalue weighted by Gasteiger charge is -2.34. The molecule has 6 heteroatoms. The minimum Gasteiger partial charge on any atom is -0.295 e. The van der Waals surface area contributed by atoms with Crippen LogP contribution in [0.2, 0.25) is 0 Å². The highest BCUT2D eigenvalue weighted by atomic mass is 16.1. The average Bonchev–Trinajstić information content (AvgIpc) is 2.65. The van der Waals surface area contributed by atoms with Crippen molar-refractivity contribution >= 4 is 5.65 Å². The maximum absolute atomic E-state index is 12.3. The number of fused-ring (bicyclic) bond motifs is 1. The van der Waals surface area contributed by atoms with Gasteiger partial charge >= 0.3 is 0 Å². The van der Waals surface area contributed by atoms with Crippen molar-refractivity contribution in [2.75, 3.05) is 26.2 Å². The molecule has 0 aliphatic carbocycles. The number of piperazine rings is 1. The van der Waals surface area contributed by atoms with Gasteiger partial charge in [-0.05, 0) is 30.7 Å². The SMILES string of the molecule is Cc1ccc2nc(CN3CCN(Cc4ccccn4)CC3)cc(=O)n2c1. The van der Waals surface area contributed by atoms with E-state index in [2.05, 4.69) is 25.8 Å². The monoisotopic (exact) mass is 349 g/mol. The quantitative estimate of drug-likeness (QED) is 0.718. The van der Waals surface area contributed by atoms with Gasteiger partial charge in [0.2, 0.25) is 0 Å². The zero-order valence-corrected chi connectivity index (χ0v) is 15.0. The fourth-order valence-electron chi connectivity index (χ4n) is 3.39. The zero-order valence-electron chi connectivity index (χ0n) is 15.0. The molecule has 1 aliphatic heterocycles. The number of aryl methyl sites for hydroxylation is 1. The molecule has 0 unspecified atom stereocenters. The van der Waals surface area contributed by atoms with Crippen molar-refractivity contribution in [1.82, 2.24) is 24.2 Å². The van der Waals surface area contributed by atoms with Crippen molar-refractivity contribution in [2.24, 2.45) is 0 Å². The first-order valence-electron chi connectivity index (χ1n) is 9.01. The molecular formula is C20H23N5O. The van der Waals surface area contributed by atoms with Gasteiger partial charge in [0.25, 0.3) is 5.56 Å². The molecule has 0 spiro atoms. The molecule has 1 fully saturated rings. The first-order valence-corrected chi connectivity index (χ1v) is 9.01. The van der Waals surface area contributed by atoms with E-state index in [1.165, 1.54) is 0 Å². The molecule has 0 radical (unpaired) electrons. The molecule has 3 aromatic heterocycles. The van der Waals surface area contributed by atoms with E-state index in [4.69, 9.17) is 0 Å². The Labute approximate surface area is 152 Å². The molecule has 134 valence electrons. The van der Waals surface area contributed by atoms with Gasteiger partial charge in [-0.2, -0.15) is 0 Å². The number of hydrogen-bond donors (Lipinski definition) is 0. The van der Waals surface area contributed by atoms with E-state index in [1.807, 2.05) is 43.6 Å². The van der Waals surface area contributed by atoms with Crippen molar-refractivity contribution in [3.8, 4) is 0 Å². The summed E-state index contributed by atoms with van der Waals surface area (Å²) >= 11 is 0. The number of pyridine rings is 2. The van der Waals surface area contributed by atoms with Gasteiger partial charge in [-0.15, -0.1) is 0 Å². The molecule has 0 amide bonds. The molecule has 1 saturated heterocycles. The Hall–Kier alpha value is -2.57. The molecule has 26 heavy (non-hydrogen) atoms. The van der Waals surface area contributed by atoms with E-state index in [-0.39, 0.29) is 5.56 Å². The Morgan fingerprint density at radius 3 is 2.38 bits per heavy atom. The second kappa shape index (κ2) is 7.35. The van der Waals surface area contributed by atoms with Crippen molar-refractivity contribution in [2.45, 2.75) is 20.0 Å². The largest absolute Gasteiger partial charge is 0.295 e. The fraction of sp³-hybridized carbons (Fsp3) is 0.350. The van der Waals surface area contributed by atoms with Gasteiger partial charge in [-0.25, -0.2) is 4.98 Å². The molecular weight excluding hydrogens is 326 g/mol. The summed E-state index contributed by atoms with van der Waals surface area (Å²) in [6.45, 7) is 7.54. The molecule has 0 N–H and O–H groups in total. The predicted molar refractivity (Wildman–Crippen MR) is 101 cm³/mol. The van der Waals surface area contributed by atoms with Crippen LogP contribution in [0.3, 0.4) is 0 Å². The topological polar surface area (TPSA) is 53.7 Å². The van der Waals surface area contributed by atoms with Crippen LogP contribution in [0.1, 0.15) is 17.0 Å². The number of rotatable bonds is 4. The van der Waals surface area contributed by atoms with Gasteiger partial charge < -0.3 is 0 Å². The first kappa shape index (κ1) is 16.9. The lowest BCUT2D eigenvalue weighted by Crippen LogP contribution is -2.45. The van der Waals surface area contributed by atoms with Gasteiger partial charge in [0.1, 0.15) is 5.65 Å². The van der Waals surface area contributed by atoms with Crippen molar-refractivity contribution in [1.29, 1.82) is 0 Å². The molecule has 0 atom stereocenters. The molecule has 0 saturated carbocycles. The summed E-state index contributed by atoms with van der Waals surface area (Å²) in [5, 5.41) is 0. The van der Waals surface area contributed by atoms with E-state index < -0.39 is 0 Å². The molecule has 6 nitrogen and oxygen atoms in total.